The van der Waals surface area contributed by atoms with Crippen LogP contribution in [0.15, 0.2) is 41.2 Å². The molecule has 0 spiro atoms. The van der Waals surface area contributed by atoms with Crippen molar-refractivity contribution in [3.05, 3.63) is 46.8 Å². The highest BCUT2D eigenvalue weighted by molar-refractivity contribution is 7.91. The van der Waals surface area contributed by atoms with Crippen LogP contribution in [0.3, 0.4) is 0 Å². The summed E-state index contributed by atoms with van der Waals surface area (Å²) in [5, 5.41) is 18.9. The van der Waals surface area contributed by atoms with E-state index < -0.39 is 79.7 Å². The first kappa shape index (κ1) is 41.2. The Bertz CT molecular complexity index is 2110. The zero-order chi connectivity index (χ0) is 41.1. The average molecular weight is 797 g/mol. The molecule has 0 bridgehead atoms. The first-order chi connectivity index (χ1) is 26.1. The predicted molar refractivity (Wildman–Crippen MR) is 209 cm³/mol. The van der Waals surface area contributed by atoms with Crippen molar-refractivity contribution in [2.75, 3.05) is 6.54 Å². The molecule has 56 heavy (non-hydrogen) atoms. The van der Waals surface area contributed by atoms with E-state index in [1.165, 1.54) is 9.58 Å². The Labute approximate surface area is 328 Å². The lowest BCUT2D eigenvalue weighted by molar-refractivity contribution is -0.146. The number of allylic oxidation sites excluding steroid dienone is 1. The van der Waals surface area contributed by atoms with Gasteiger partial charge in [0.25, 0.3) is 11.5 Å². The number of nitrogens with one attached hydrogen (secondary N) is 2. The van der Waals surface area contributed by atoms with Crippen LogP contribution in [0.25, 0.3) is 10.8 Å². The number of rotatable bonds is 7. The molecule has 306 valence electrons. The number of aromatic nitrogens is 2. The number of carbonyl (C=O) groups excluding carboxylic acids is 3. The molecule has 2 aliphatic carbocycles. The van der Waals surface area contributed by atoms with Gasteiger partial charge >= 0.3 is 6.09 Å². The summed E-state index contributed by atoms with van der Waals surface area (Å²) in [6.45, 7) is 14.1. The topological polar surface area (TPSA) is 197 Å². The Morgan fingerprint density at radius 1 is 1.09 bits per heavy atom. The van der Waals surface area contributed by atoms with Gasteiger partial charge in [-0.2, -0.15) is 0 Å². The van der Waals surface area contributed by atoms with Gasteiger partial charge in [0.1, 0.15) is 23.7 Å². The zero-order valence-corrected chi connectivity index (χ0v) is 34.4. The third-order valence-electron chi connectivity index (χ3n) is 12.0. The molecule has 15 nitrogen and oxygen atoms in total. The molecule has 1 saturated heterocycles. The molecular weight excluding hydrogens is 741 g/mol. The number of fused-ring (bicyclic) bond motifs is 3. The van der Waals surface area contributed by atoms with Crippen molar-refractivity contribution in [1.29, 1.82) is 0 Å². The van der Waals surface area contributed by atoms with Crippen molar-refractivity contribution in [3.8, 4) is 5.88 Å². The Kier molecular flexibility index (Phi) is 10.9. The number of amides is 4. The van der Waals surface area contributed by atoms with Crippen molar-refractivity contribution in [2.24, 2.45) is 17.8 Å². The molecule has 3 fully saturated rings. The third kappa shape index (κ3) is 7.77. The van der Waals surface area contributed by atoms with Gasteiger partial charge in [0.2, 0.25) is 27.7 Å². The quantitative estimate of drug-likeness (QED) is 0.339. The van der Waals surface area contributed by atoms with Gasteiger partial charge in [-0.25, -0.2) is 17.9 Å². The number of hydrogen-bond donors (Lipinski definition) is 3. The molecule has 3 N–H and O–H groups in total. The minimum absolute atomic E-state index is 0.0525. The number of carbonyl (C=O) groups is 4. The van der Waals surface area contributed by atoms with E-state index in [1.807, 2.05) is 39.8 Å². The summed E-state index contributed by atoms with van der Waals surface area (Å²) in [6, 6.07) is 4.16. The van der Waals surface area contributed by atoms with Crippen LogP contribution in [0, 0.1) is 17.8 Å². The monoisotopic (exact) mass is 796 g/mol. The summed E-state index contributed by atoms with van der Waals surface area (Å²) in [5.74, 6) is -2.83. The Morgan fingerprint density at radius 2 is 1.75 bits per heavy atom. The van der Waals surface area contributed by atoms with E-state index in [4.69, 9.17) is 4.74 Å². The maximum atomic E-state index is 15.1. The van der Waals surface area contributed by atoms with E-state index in [9.17, 15) is 32.7 Å². The van der Waals surface area contributed by atoms with Gasteiger partial charge in [0.05, 0.1) is 28.1 Å². The smallest absolute Gasteiger partial charge is 0.408 e. The fourth-order valence-corrected chi connectivity index (χ4v) is 9.65. The lowest BCUT2D eigenvalue weighted by atomic mass is 9.85. The van der Waals surface area contributed by atoms with Crippen LogP contribution in [-0.2, 0) is 24.4 Å². The van der Waals surface area contributed by atoms with Crippen LogP contribution >= 0.6 is 0 Å². The summed E-state index contributed by atoms with van der Waals surface area (Å²) >= 11 is 0. The van der Waals surface area contributed by atoms with E-state index in [2.05, 4.69) is 15.1 Å². The van der Waals surface area contributed by atoms with Crippen molar-refractivity contribution in [3.63, 3.8) is 0 Å². The second-order valence-corrected chi connectivity index (χ2v) is 20.1. The van der Waals surface area contributed by atoms with Gasteiger partial charge in [0, 0.05) is 17.9 Å². The normalized spacial score (nSPS) is 30.0. The summed E-state index contributed by atoms with van der Waals surface area (Å²) < 4.78 is 35.5. The van der Waals surface area contributed by atoms with Crippen molar-refractivity contribution in [1.82, 2.24) is 29.6 Å². The summed E-state index contributed by atoms with van der Waals surface area (Å²) in [4.78, 5) is 72.5. The van der Waals surface area contributed by atoms with Crippen LogP contribution in [0.2, 0.25) is 0 Å². The summed E-state index contributed by atoms with van der Waals surface area (Å²) in [5.41, 5.74) is -2.88. The first-order valence-electron chi connectivity index (χ1n) is 19.7. The molecule has 0 unspecified atom stereocenters. The molecule has 3 heterocycles. The van der Waals surface area contributed by atoms with Gasteiger partial charge in [-0.3, -0.25) is 28.8 Å². The van der Waals surface area contributed by atoms with Crippen molar-refractivity contribution >= 4 is 44.6 Å². The minimum atomic E-state index is -4.03. The highest BCUT2D eigenvalue weighted by atomic mass is 32.2. The van der Waals surface area contributed by atoms with Gasteiger partial charge < -0.3 is 20.1 Å². The second-order valence-electron chi connectivity index (χ2n) is 17.9. The summed E-state index contributed by atoms with van der Waals surface area (Å²) in [7, 11) is -4.03. The molecule has 2 saturated carbocycles. The fraction of sp³-hybridized carbons (Fsp3) is 0.650. The summed E-state index contributed by atoms with van der Waals surface area (Å²) in [6.07, 6.45) is 4.48. The lowest BCUT2D eigenvalue weighted by Crippen LogP contribution is -2.62. The molecular formula is C40H56N6O9S. The molecule has 1 aromatic heterocycles. The Morgan fingerprint density at radius 3 is 2.36 bits per heavy atom. The highest BCUT2D eigenvalue weighted by Gasteiger charge is 2.63. The van der Waals surface area contributed by atoms with Gasteiger partial charge in [-0.15, -0.1) is 5.10 Å². The van der Waals surface area contributed by atoms with Crippen LogP contribution in [-0.4, -0.2) is 97.5 Å². The van der Waals surface area contributed by atoms with E-state index >= 15 is 4.79 Å². The molecule has 16 heteroatoms. The van der Waals surface area contributed by atoms with Gasteiger partial charge in [-0.1, -0.05) is 38.1 Å². The molecule has 7 atom stereocenters. The molecule has 4 aliphatic rings. The fourth-order valence-electron chi connectivity index (χ4n) is 8.34. The first-order valence-corrected chi connectivity index (χ1v) is 21.1. The van der Waals surface area contributed by atoms with E-state index in [0.717, 1.165) is 11.3 Å². The molecule has 0 radical (unpaired) electrons. The number of ether oxygens (including phenoxy) is 1. The highest BCUT2D eigenvalue weighted by Crippen LogP contribution is 2.48. The predicted octanol–water partition coefficient (Wildman–Crippen LogP) is 4.36. The van der Waals surface area contributed by atoms with Gasteiger partial charge in [0.15, 0.2) is 0 Å². The molecule has 2 aromatic rings. The number of hydrogen-bond acceptors (Lipinski definition) is 9. The molecule has 2 aliphatic heterocycles. The van der Waals surface area contributed by atoms with Crippen LogP contribution in [0.1, 0.15) is 106 Å². The maximum Gasteiger partial charge on any atom is 0.408 e. The molecule has 4 amide bonds. The van der Waals surface area contributed by atoms with E-state index in [0.29, 0.717) is 36.5 Å². The minimum Gasteiger partial charge on any atom is -0.471 e. The van der Waals surface area contributed by atoms with Crippen molar-refractivity contribution in [2.45, 2.75) is 140 Å². The van der Waals surface area contributed by atoms with Crippen LogP contribution in [0.4, 0.5) is 4.79 Å². The molecule has 6 rings (SSSR count). The second kappa shape index (κ2) is 14.8. The largest absolute Gasteiger partial charge is 0.471 e. The van der Waals surface area contributed by atoms with Crippen LogP contribution < -0.4 is 20.3 Å². The standard InChI is InChI=1S/C40H56N6O9S/c1-23(2)46-34(48)29-16-12-11-15-28(29)33(42-46)55-27-20-30-32(47)41-40(36(50)43-56(53,54)39(8)17-18-39)21-26(40)14-10-9-13-24(3)19-25(4)31(35(49)44(30)22-27)45(37(51)52)38(5,6)7/h10-12,14-16,23-27,30-31H,9,13,17-22H2,1-8H3,(H,41,47)(H,43,50)(H,51,52)/b14-10-/t24-,25+,26+,27+,30-,31-,40+/m0/s1. The Balaban J connectivity index is 1.42. The van der Waals surface area contributed by atoms with Crippen molar-refractivity contribution < 1.29 is 37.4 Å². The zero-order valence-electron chi connectivity index (χ0n) is 33.6. The molecule has 1 aromatic carbocycles. The number of carboxylic acid groups (broad SMARTS) is 1. The number of benzene rings is 1. The third-order valence-corrected chi connectivity index (χ3v) is 14.1. The Hall–Kier alpha value is -4.47. The van der Waals surface area contributed by atoms with Gasteiger partial charge in [-0.05, 0) is 104 Å². The SMILES string of the molecule is CC(C)n1nc(O[C@@H]2C[C@H]3C(=O)N[C@]4(C(=O)NS(=O)(=O)C5(C)CC5)C[C@H]4/C=C\CC[C@H](C)C[C@@H](C)[C@H](N(C(=O)O)C(C)(C)C)C(=O)N3C2)c2ccccc2c1=O. The van der Waals surface area contributed by atoms with E-state index in [-0.39, 0.29) is 42.8 Å². The maximum absolute atomic E-state index is 15.1. The number of nitrogens with zero attached hydrogens (tertiary/aromatic N) is 4. The number of sulfonamides is 1. The van der Waals surface area contributed by atoms with Crippen LogP contribution in [0.5, 0.6) is 5.88 Å². The van der Waals surface area contributed by atoms with E-state index in [1.54, 1.807) is 52.0 Å². The lowest BCUT2D eigenvalue weighted by Gasteiger charge is -2.43. The average Bonchev–Trinajstić information content (AvgIpc) is 3.98.